The fourth-order valence-corrected chi connectivity index (χ4v) is 10.1. The highest BCUT2D eigenvalue weighted by Crippen LogP contribution is 2.38. The molecule has 1 saturated carbocycles. The van der Waals surface area contributed by atoms with Crippen molar-refractivity contribution in [1.29, 1.82) is 0 Å². The van der Waals surface area contributed by atoms with Crippen LogP contribution in [0, 0.1) is 24.2 Å². The number of nitrogens with two attached hydrogens (primary N) is 1. The van der Waals surface area contributed by atoms with Crippen molar-refractivity contribution in [2.24, 2.45) is 23.1 Å². The lowest BCUT2D eigenvalue weighted by Crippen LogP contribution is -2.46. The van der Waals surface area contributed by atoms with Crippen LogP contribution in [-0.4, -0.2) is 59.3 Å². The molecule has 1 aliphatic heterocycles. The zero-order valence-corrected chi connectivity index (χ0v) is 35.6. The lowest BCUT2D eigenvalue weighted by Gasteiger charge is -2.37. The SMILES string of the molecule is C=C(C)CCC(C)(C)Cc1c(C)n(CC)c2ccc(-c3csc(CC(NC(=C)C(C4CCCC4)N4CCC(CNCC)C4)C(=C)CCCCNN)n3)cc12. The van der Waals surface area contributed by atoms with E-state index in [2.05, 4.69) is 104 Å². The Morgan fingerprint density at radius 3 is 2.57 bits per heavy atom. The molecule has 298 valence electrons. The summed E-state index contributed by atoms with van der Waals surface area (Å²) in [6.45, 7) is 33.6. The van der Waals surface area contributed by atoms with Crippen LogP contribution in [0.3, 0.4) is 0 Å². The largest absolute Gasteiger partial charge is 0.381 e. The van der Waals surface area contributed by atoms with E-state index in [1.165, 1.54) is 76.7 Å². The Morgan fingerprint density at radius 1 is 1.09 bits per heavy atom. The van der Waals surface area contributed by atoms with Crippen molar-refractivity contribution in [2.75, 3.05) is 32.7 Å². The van der Waals surface area contributed by atoms with E-state index in [-0.39, 0.29) is 11.5 Å². The van der Waals surface area contributed by atoms with Gasteiger partial charge in [0.1, 0.15) is 0 Å². The molecule has 1 aliphatic carbocycles. The van der Waals surface area contributed by atoms with Crippen LogP contribution in [0.25, 0.3) is 22.2 Å². The summed E-state index contributed by atoms with van der Waals surface area (Å²) in [4.78, 5) is 8.07. The Labute approximate surface area is 332 Å². The Balaban J connectivity index is 1.38. The van der Waals surface area contributed by atoms with E-state index >= 15 is 0 Å². The van der Waals surface area contributed by atoms with Crippen molar-refractivity contribution in [1.82, 2.24) is 30.5 Å². The van der Waals surface area contributed by atoms with Gasteiger partial charge in [0.25, 0.3) is 0 Å². The molecular formula is C46H73N7S. The third-order valence-electron chi connectivity index (χ3n) is 12.4. The second-order valence-corrected chi connectivity index (χ2v) is 18.3. The van der Waals surface area contributed by atoms with E-state index in [1.54, 1.807) is 11.3 Å². The molecule has 5 rings (SSSR count). The van der Waals surface area contributed by atoms with Crippen LogP contribution in [0.2, 0.25) is 0 Å². The minimum absolute atomic E-state index is 0.0862. The first-order chi connectivity index (χ1) is 25.9. The summed E-state index contributed by atoms with van der Waals surface area (Å²) in [5.74, 6) is 6.98. The molecule has 2 fully saturated rings. The first kappa shape index (κ1) is 42.4. The number of hydrogen-bond donors (Lipinski definition) is 4. The highest BCUT2D eigenvalue weighted by atomic mass is 32.1. The highest BCUT2D eigenvalue weighted by Gasteiger charge is 2.37. The minimum atomic E-state index is 0.0862. The Bertz CT molecular complexity index is 1690. The second-order valence-electron chi connectivity index (χ2n) is 17.4. The van der Waals surface area contributed by atoms with Gasteiger partial charge in [0.2, 0.25) is 0 Å². The molecular weight excluding hydrogens is 683 g/mol. The number of nitrogens with zero attached hydrogens (tertiary/aromatic N) is 3. The number of fused-ring (bicyclic) bond motifs is 1. The van der Waals surface area contributed by atoms with Gasteiger partial charge in [0.15, 0.2) is 0 Å². The van der Waals surface area contributed by atoms with E-state index in [1.807, 2.05) is 0 Å². The Hall–Kier alpha value is -2.75. The van der Waals surface area contributed by atoms with E-state index < -0.39 is 0 Å². The van der Waals surface area contributed by atoms with Crippen molar-refractivity contribution < 1.29 is 0 Å². The summed E-state index contributed by atoms with van der Waals surface area (Å²) < 4.78 is 2.48. The predicted octanol–water partition coefficient (Wildman–Crippen LogP) is 9.71. The molecule has 54 heavy (non-hydrogen) atoms. The lowest BCUT2D eigenvalue weighted by atomic mass is 9.80. The number of allylic oxidation sites excluding steroid dienone is 1. The maximum Gasteiger partial charge on any atom is 0.0956 e. The number of benzene rings is 1. The summed E-state index contributed by atoms with van der Waals surface area (Å²) in [7, 11) is 0. The van der Waals surface area contributed by atoms with Crippen LogP contribution < -0.4 is 21.9 Å². The van der Waals surface area contributed by atoms with Gasteiger partial charge in [-0.2, -0.15) is 0 Å². The summed E-state index contributed by atoms with van der Waals surface area (Å²) in [5.41, 5.74) is 13.1. The third-order valence-corrected chi connectivity index (χ3v) is 13.3. The number of hydrazine groups is 1. The normalized spacial score (nSPS) is 18.1. The molecule has 3 heterocycles. The van der Waals surface area contributed by atoms with Gasteiger partial charge in [-0.25, -0.2) is 4.98 Å². The molecule has 2 aromatic heterocycles. The minimum Gasteiger partial charge on any atom is -0.381 e. The molecule has 0 spiro atoms. The summed E-state index contributed by atoms with van der Waals surface area (Å²) >= 11 is 1.78. The Morgan fingerprint density at radius 2 is 1.87 bits per heavy atom. The Kier molecular flexibility index (Phi) is 15.6. The average Bonchev–Trinajstić information content (AvgIpc) is 3.97. The van der Waals surface area contributed by atoms with Gasteiger partial charge in [0, 0.05) is 59.3 Å². The fourth-order valence-electron chi connectivity index (χ4n) is 9.24. The molecule has 1 aromatic carbocycles. The van der Waals surface area contributed by atoms with E-state index in [0.717, 1.165) is 94.9 Å². The molecule has 2 aliphatic rings. The second kappa shape index (κ2) is 19.9. The molecule has 0 bridgehead atoms. The van der Waals surface area contributed by atoms with E-state index in [9.17, 15) is 0 Å². The first-order valence-electron chi connectivity index (χ1n) is 21.2. The van der Waals surface area contributed by atoms with Crippen molar-refractivity contribution in [3.63, 3.8) is 0 Å². The van der Waals surface area contributed by atoms with Crippen LogP contribution in [-0.2, 0) is 19.4 Å². The van der Waals surface area contributed by atoms with Crippen molar-refractivity contribution in [3.05, 3.63) is 76.4 Å². The van der Waals surface area contributed by atoms with Crippen LogP contribution >= 0.6 is 11.3 Å². The zero-order valence-electron chi connectivity index (χ0n) is 34.8. The lowest BCUT2D eigenvalue weighted by molar-refractivity contribution is 0.189. The third kappa shape index (κ3) is 11.0. The van der Waals surface area contributed by atoms with Crippen LogP contribution in [0.5, 0.6) is 0 Å². The maximum atomic E-state index is 5.60. The highest BCUT2D eigenvalue weighted by molar-refractivity contribution is 7.10. The number of unbranched alkanes of at least 4 members (excludes halogenated alkanes) is 1. The fraction of sp³-hybridized carbons (Fsp3) is 0.630. The van der Waals surface area contributed by atoms with Crippen LogP contribution in [0.4, 0.5) is 0 Å². The monoisotopic (exact) mass is 756 g/mol. The molecule has 3 unspecified atom stereocenters. The van der Waals surface area contributed by atoms with Gasteiger partial charge in [-0.15, -0.1) is 17.9 Å². The van der Waals surface area contributed by atoms with E-state index in [0.29, 0.717) is 17.9 Å². The quantitative estimate of drug-likeness (QED) is 0.0334. The molecule has 7 nitrogen and oxygen atoms in total. The van der Waals surface area contributed by atoms with Gasteiger partial charge in [-0.1, -0.05) is 64.0 Å². The summed E-state index contributed by atoms with van der Waals surface area (Å²) in [5, 5.41) is 12.4. The molecule has 8 heteroatoms. The van der Waals surface area contributed by atoms with Crippen LogP contribution in [0.15, 0.2) is 60.2 Å². The van der Waals surface area contributed by atoms with Crippen molar-refractivity contribution >= 4 is 22.2 Å². The van der Waals surface area contributed by atoms with Gasteiger partial charge >= 0.3 is 0 Å². The number of hydrogen-bond acceptors (Lipinski definition) is 7. The average molecular weight is 756 g/mol. The first-order valence-corrected chi connectivity index (χ1v) is 22.0. The molecule has 5 N–H and O–H groups in total. The zero-order chi connectivity index (χ0) is 38.8. The van der Waals surface area contributed by atoms with E-state index in [4.69, 9.17) is 17.4 Å². The summed E-state index contributed by atoms with van der Waals surface area (Å²) in [6, 6.07) is 7.46. The molecule has 3 aromatic rings. The number of thiazole rings is 1. The van der Waals surface area contributed by atoms with Crippen molar-refractivity contribution in [3.8, 4) is 11.3 Å². The van der Waals surface area contributed by atoms with Gasteiger partial charge in [-0.3, -0.25) is 16.2 Å². The number of nitrogens with one attached hydrogen (secondary N) is 3. The number of aromatic nitrogens is 2. The molecule has 1 saturated heterocycles. The number of aryl methyl sites for hydroxylation is 1. The predicted molar refractivity (Wildman–Crippen MR) is 234 cm³/mol. The number of likely N-dealkylation sites (tertiary alicyclic amines) is 1. The van der Waals surface area contributed by atoms with Gasteiger partial charge < -0.3 is 15.2 Å². The molecule has 3 atom stereocenters. The van der Waals surface area contributed by atoms with Crippen LogP contribution in [0.1, 0.15) is 115 Å². The summed E-state index contributed by atoms with van der Waals surface area (Å²) in [6.07, 6.45) is 13.7. The standard InChI is InChI=1S/C46H73N7S/c1-10-48-29-36-22-25-52(30-36)45(37-17-12-13-18-37)34(6)50-41(33(5)16-14-15-24-49-47)27-44-51-42(31-54-44)38-19-20-43-39(26-38)40(35(7)53(43)11-2)28-46(8,9)23-21-32(3)4/h19-20,26,31,36-37,41,45,48-50H,3,5-6,10-18,21-25,27-30,47H2,1-2,4,7-9H3. The number of rotatable bonds is 23. The van der Waals surface area contributed by atoms with Gasteiger partial charge in [-0.05, 0) is 133 Å². The smallest absolute Gasteiger partial charge is 0.0956 e. The maximum absolute atomic E-state index is 5.60. The molecule has 0 radical (unpaired) electrons. The topological polar surface area (TPSA) is 83.2 Å². The van der Waals surface area contributed by atoms with Gasteiger partial charge in [0.05, 0.1) is 22.8 Å². The van der Waals surface area contributed by atoms with Crippen molar-refractivity contribution in [2.45, 2.75) is 137 Å². The molecule has 0 amide bonds.